The molecule has 3 aromatic carbocycles. The number of imide groups is 1. The van der Waals surface area contributed by atoms with E-state index in [1.165, 1.54) is 16.0 Å². The summed E-state index contributed by atoms with van der Waals surface area (Å²) in [6.45, 7) is 3.29. The highest BCUT2D eigenvalue weighted by molar-refractivity contribution is 6.45. The summed E-state index contributed by atoms with van der Waals surface area (Å²) in [6, 6.07) is 22.9. The molecule has 2 heterocycles. The Balaban J connectivity index is 1.63. The third-order valence-electron chi connectivity index (χ3n) is 5.91. The third-order valence-corrected chi connectivity index (χ3v) is 6.15. The summed E-state index contributed by atoms with van der Waals surface area (Å²) >= 11 is 6.16. The number of hydrogen-bond acceptors (Lipinski definition) is 3. The number of nitrogens with zero attached hydrogens (tertiary/aromatic N) is 2. The maximum absolute atomic E-state index is 13.7. The van der Waals surface area contributed by atoms with Crippen LogP contribution in [0.5, 0.6) is 0 Å². The molecule has 0 saturated heterocycles. The number of carbonyl (C=O) groups is 2. The van der Waals surface area contributed by atoms with Crippen molar-refractivity contribution in [2.45, 2.75) is 19.9 Å². The second kappa shape index (κ2) is 7.71. The van der Waals surface area contributed by atoms with Crippen molar-refractivity contribution in [2.75, 3.05) is 11.4 Å². The van der Waals surface area contributed by atoms with Gasteiger partial charge in [0, 0.05) is 18.1 Å². The van der Waals surface area contributed by atoms with Gasteiger partial charge in [-0.05, 0) is 48.2 Å². The van der Waals surface area contributed by atoms with Crippen LogP contribution in [0.2, 0.25) is 5.02 Å². The lowest BCUT2D eigenvalue weighted by molar-refractivity contribution is -0.120. The van der Waals surface area contributed by atoms with Gasteiger partial charge in [0.25, 0.3) is 11.8 Å². The monoisotopic (exact) mass is 428 g/mol. The van der Waals surface area contributed by atoms with Crippen LogP contribution < -0.4 is 4.90 Å². The Morgan fingerprint density at radius 1 is 0.839 bits per heavy atom. The molecule has 0 unspecified atom stereocenters. The van der Waals surface area contributed by atoms with E-state index in [9.17, 15) is 9.59 Å². The lowest BCUT2D eigenvalue weighted by Crippen LogP contribution is -2.37. The number of carbonyl (C=O) groups excluding carboxylic acids is 2. The molecule has 0 aromatic heterocycles. The first kappa shape index (κ1) is 19.6. The molecule has 2 aliphatic rings. The smallest absolute Gasteiger partial charge is 0.282 e. The SMILES string of the molecule is Cc1ccc(C2=C(N3CCc4ccccc4C3)C(=O)N(c3cccc(Cl)c3)C2=O)cc1. The summed E-state index contributed by atoms with van der Waals surface area (Å²) in [5, 5.41) is 0.482. The largest absolute Gasteiger partial charge is 0.362 e. The normalized spacial score (nSPS) is 16.2. The maximum Gasteiger partial charge on any atom is 0.282 e. The van der Waals surface area contributed by atoms with Gasteiger partial charge in [-0.25, -0.2) is 4.90 Å². The summed E-state index contributed by atoms with van der Waals surface area (Å²) in [4.78, 5) is 30.5. The molecule has 3 aromatic rings. The molecule has 2 aliphatic heterocycles. The van der Waals surface area contributed by atoms with Gasteiger partial charge in [0.2, 0.25) is 0 Å². The van der Waals surface area contributed by atoms with Crippen LogP contribution in [0.1, 0.15) is 22.3 Å². The number of halogens is 1. The van der Waals surface area contributed by atoms with Crippen molar-refractivity contribution in [1.29, 1.82) is 0 Å². The van der Waals surface area contributed by atoms with E-state index in [1.54, 1.807) is 24.3 Å². The fraction of sp³-hybridized carbons (Fsp3) is 0.154. The summed E-state index contributed by atoms with van der Waals surface area (Å²) < 4.78 is 0. The summed E-state index contributed by atoms with van der Waals surface area (Å²) in [5.74, 6) is -0.618. The van der Waals surface area contributed by atoms with Crippen molar-refractivity contribution in [3.8, 4) is 0 Å². The number of rotatable bonds is 3. The zero-order valence-corrected chi connectivity index (χ0v) is 17.9. The first-order valence-corrected chi connectivity index (χ1v) is 10.7. The predicted molar refractivity (Wildman–Crippen MR) is 123 cm³/mol. The van der Waals surface area contributed by atoms with E-state index < -0.39 is 0 Å². The van der Waals surface area contributed by atoms with E-state index in [0.29, 0.717) is 35.1 Å². The number of benzene rings is 3. The van der Waals surface area contributed by atoms with Gasteiger partial charge in [-0.3, -0.25) is 9.59 Å². The Bertz CT molecular complexity index is 1230. The first-order chi connectivity index (χ1) is 15.0. The molecule has 0 spiro atoms. The minimum absolute atomic E-state index is 0.303. The van der Waals surface area contributed by atoms with Crippen LogP contribution in [0.15, 0.2) is 78.5 Å². The minimum Gasteiger partial charge on any atom is -0.362 e. The lowest BCUT2D eigenvalue weighted by atomic mass is 9.97. The average Bonchev–Trinajstić information content (AvgIpc) is 3.04. The topological polar surface area (TPSA) is 40.6 Å². The molecule has 0 atom stereocenters. The maximum atomic E-state index is 13.7. The van der Waals surface area contributed by atoms with Crippen molar-refractivity contribution in [3.05, 3.63) is 106 Å². The Morgan fingerprint density at radius 3 is 2.32 bits per heavy atom. The quantitative estimate of drug-likeness (QED) is 0.552. The van der Waals surface area contributed by atoms with Crippen molar-refractivity contribution in [3.63, 3.8) is 0 Å². The highest BCUT2D eigenvalue weighted by Crippen LogP contribution is 2.37. The van der Waals surface area contributed by atoms with Gasteiger partial charge in [0.05, 0.1) is 11.3 Å². The standard InChI is InChI=1S/C26H21ClN2O2/c1-17-9-11-19(12-10-17)23-24(28-14-13-18-5-2-3-6-20(18)16-28)26(31)29(25(23)30)22-8-4-7-21(27)15-22/h2-12,15H,13-14,16H2,1H3. The van der Waals surface area contributed by atoms with Gasteiger partial charge in [0.1, 0.15) is 5.70 Å². The van der Waals surface area contributed by atoms with E-state index in [1.807, 2.05) is 48.2 Å². The molecule has 4 nitrogen and oxygen atoms in total. The number of aryl methyl sites for hydroxylation is 1. The fourth-order valence-electron chi connectivity index (χ4n) is 4.33. The van der Waals surface area contributed by atoms with Gasteiger partial charge in [-0.1, -0.05) is 71.8 Å². The van der Waals surface area contributed by atoms with E-state index in [2.05, 4.69) is 12.1 Å². The molecule has 0 N–H and O–H groups in total. The molecule has 0 aliphatic carbocycles. The molecule has 0 fully saturated rings. The van der Waals surface area contributed by atoms with Crippen molar-refractivity contribution in [1.82, 2.24) is 4.90 Å². The van der Waals surface area contributed by atoms with Crippen molar-refractivity contribution < 1.29 is 9.59 Å². The minimum atomic E-state index is -0.315. The van der Waals surface area contributed by atoms with Crippen molar-refractivity contribution >= 4 is 34.7 Å². The Labute approximate surface area is 186 Å². The van der Waals surface area contributed by atoms with Crippen LogP contribution in [0.3, 0.4) is 0 Å². The second-order valence-electron chi connectivity index (χ2n) is 7.96. The van der Waals surface area contributed by atoms with Crippen LogP contribution in [0, 0.1) is 6.92 Å². The predicted octanol–water partition coefficient (Wildman–Crippen LogP) is 4.99. The molecular weight excluding hydrogens is 408 g/mol. The van der Waals surface area contributed by atoms with Crippen LogP contribution in [0.25, 0.3) is 5.57 Å². The van der Waals surface area contributed by atoms with Gasteiger partial charge < -0.3 is 4.90 Å². The van der Waals surface area contributed by atoms with E-state index >= 15 is 0 Å². The van der Waals surface area contributed by atoms with Crippen molar-refractivity contribution in [2.24, 2.45) is 0 Å². The Kier molecular flexibility index (Phi) is 4.87. The number of amides is 2. The first-order valence-electron chi connectivity index (χ1n) is 10.3. The zero-order valence-electron chi connectivity index (χ0n) is 17.1. The summed E-state index contributed by atoms with van der Waals surface area (Å²) in [7, 11) is 0. The molecule has 5 rings (SSSR count). The highest BCUT2D eigenvalue weighted by atomic mass is 35.5. The van der Waals surface area contributed by atoms with Gasteiger partial charge in [-0.2, -0.15) is 0 Å². The van der Waals surface area contributed by atoms with Crippen LogP contribution in [0.4, 0.5) is 5.69 Å². The lowest BCUT2D eigenvalue weighted by Gasteiger charge is -2.31. The van der Waals surface area contributed by atoms with E-state index in [0.717, 1.165) is 17.5 Å². The van der Waals surface area contributed by atoms with Gasteiger partial charge in [-0.15, -0.1) is 0 Å². The Morgan fingerprint density at radius 2 is 1.58 bits per heavy atom. The van der Waals surface area contributed by atoms with Crippen LogP contribution in [-0.4, -0.2) is 23.3 Å². The zero-order chi connectivity index (χ0) is 21.5. The molecular formula is C26H21ClN2O2. The molecule has 154 valence electrons. The molecule has 31 heavy (non-hydrogen) atoms. The van der Waals surface area contributed by atoms with Crippen LogP contribution in [-0.2, 0) is 22.6 Å². The third kappa shape index (κ3) is 3.43. The van der Waals surface area contributed by atoms with E-state index in [4.69, 9.17) is 11.6 Å². The number of anilines is 1. The number of fused-ring (bicyclic) bond motifs is 1. The molecule has 0 radical (unpaired) electrons. The van der Waals surface area contributed by atoms with Crippen LogP contribution >= 0.6 is 11.6 Å². The molecule has 2 amide bonds. The molecule has 5 heteroatoms. The summed E-state index contributed by atoms with van der Waals surface area (Å²) in [6.07, 6.45) is 0.833. The average molecular weight is 429 g/mol. The van der Waals surface area contributed by atoms with Gasteiger partial charge in [0.15, 0.2) is 0 Å². The Hall–Kier alpha value is -3.37. The summed E-state index contributed by atoms with van der Waals surface area (Å²) in [5.41, 5.74) is 5.72. The molecule has 0 bridgehead atoms. The van der Waals surface area contributed by atoms with E-state index in [-0.39, 0.29) is 11.8 Å². The highest BCUT2D eigenvalue weighted by Gasteiger charge is 2.43. The molecule has 0 saturated carbocycles. The fourth-order valence-corrected chi connectivity index (χ4v) is 4.51. The number of hydrogen-bond donors (Lipinski definition) is 0. The second-order valence-corrected chi connectivity index (χ2v) is 8.39. The van der Waals surface area contributed by atoms with Gasteiger partial charge >= 0.3 is 0 Å².